The van der Waals surface area contributed by atoms with E-state index in [0.29, 0.717) is 5.75 Å². The van der Waals surface area contributed by atoms with Crippen molar-refractivity contribution in [1.29, 1.82) is 0 Å². The number of rotatable bonds is 5. The van der Waals surface area contributed by atoms with Gasteiger partial charge >= 0.3 is 6.03 Å². The molecule has 1 aromatic carbocycles. The highest BCUT2D eigenvalue weighted by molar-refractivity contribution is 7.99. The number of aromatic amines is 1. The molecule has 3 amide bonds. The van der Waals surface area contributed by atoms with Crippen LogP contribution in [0.2, 0.25) is 0 Å². The number of nitrogens with zero attached hydrogens (tertiary/aromatic N) is 1. The number of primary amides is 1. The van der Waals surface area contributed by atoms with Crippen molar-refractivity contribution in [2.24, 2.45) is 5.73 Å². The highest BCUT2D eigenvalue weighted by Gasteiger charge is 2.06. The standard InChI is InChI=1S/C13H14N4O2S/c14-12(19)17-11(18)6-7-20-13-15-8-10(16-13)9-4-2-1-3-5-9/h1-5,8H,6-7H2,(H,15,16)(H3,14,17,18,19). The van der Waals surface area contributed by atoms with Crippen molar-refractivity contribution in [3.05, 3.63) is 36.5 Å². The molecule has 0 saturated heterocycles. The van der Waals surface area contributed by atoms with Crippen LogP contribution in [0.1, 0.15) is 6.42 Å². The fraction of sp³-hybridized carbons (Fsp3) is 0.154. The van der Waals surface area contributed by atoms with Crippen molar-refractivity contribution in [2.45, 2.75) is 11.6 Å². The second-order valence-corrected chi connectivity index (χ2v) is 5.06. The summed E-state index contributed by atoms with van der Waals surface area (Å²) in [5.41, 5.74) is 6.83. The van der Waals surface area contributed by atoms with Crippen molar-refractivity contribution in [3.8, 4) is 11.3 Å². The summed E-state index contributed by atoms with van der Waals surface area (Å²) in [4.78, 5) is 29.1. The molecule has 1 aromatic heterocycles. The molecule has 104 valence electrons. The Kier molecular flexibility index (Phi) is 4.78. The number of hydrogen-bond donors (Lipinski definition) is 3. The summed E-state index contributed by atoms with van der Waals surface area (Å²) in [6.45, 7) is 0. The summed E-state index contributed by atoms with van der Waals surface area (Å²) in [5.74, 6) is 0.126. The minimum Gasteiger partial charge on any atom is -0.351 e. The number of nitrogens with two attached hydrogens (primary N) is 1. The van der Waals surface area contributed by atoms with Crippen molar-refractivity contribution >= 4 is 23.7 Å². The third-order valence-electron chi connectivity index (χ3n) is 2.47. The monoisotopic (exact) mass is 290 g/mol. The molecule has 20 heavy (non-hydrogen) atoms. The van der Waals surface area contributed by atoms with Gasteiger partial charge in [0.15, 0.2) is 5.16 Å². The van der Waals surface area contributed by atoms with E-state index in [-0.39, 0.29) is 12.3 Å². The zero-order valence-electron chi connectivity index (χ0n) is 10.6. The van der Waals surface area contributed by atoms with Crippen LogP contribution >= 0.6 is 11.8 Å². The van der Waals surface area contributed by atoms with Crippen molar-refractivity contribution in [1.82, 2.24) is 15.3 Å². The average molecular weight is 290 g/mol. The average Bonchev–Trinajstić information content (AvgIpc) is 2.88. The lowest BCUT2D eigenvalue weighted by Crippen LogP contribution is -2.35. The maximum atomic E-state index is 11.2. The van der Waals surface area contributed by atoms with Gasteiger partial charge in [-0.3, -0.25) is 10.1 Å². The molecule has 2 rings (SSSR count). The van der Waals surface area contributed by atoms with Crippen LogP contribution in [0.3, 0.4) is 0 Å². The SMILES string of the molecule is NC(=O)NC(=O)CCSc1ncc(-c2ccccc2)[nH]1. The summed E-state index contributed by atoms with van der Waals surface area (Å²) < 4.78 is 0. The molecule has 0 radical (unpaired) electrons. The molecule has 0 unspecified atom stereocenters. The minimum atomic E-state index is -0.829. The Morgan fingerprint density at radius 3 is 2.75 bits per heavy atom. The quantitative estimate of drug-likeness (QED) is 0.730. The summed E-state index contributed by atoms with van der Waals surface area (Å²) in [7, 11) is 0. The van der Waals surface area contributed by atoms with Gasteiger partial charge in [-0.1, -0.05) is 42.1 Å². The van der Waals surface area contributed by atoms with Crippen molar-refractivity contribution < 1.29 is 9.59 Å². The minimum absolute atomic E-state index is 0.203. The van der Waals surface area contributed by atoms with Crippen LogP contribution in [0.5, 0.6) is 0 Å². The fourth-order valence-corrected chi connectivity index (χ4v) is 2.37. The number of H-pyrrole nitrogens is 1. The number of benzene rings is 1. The summed E-state index contributed by atoms with van der Waals surface area (Å²) in [6.07, 6.45) is 1.95. The van der Waals surface area contributed by atoms with Crippen LogP contribution in [0.15, 0.2) is 41.7 Å². The number of hydrogen-bond acceptors (Lipinski definition) is 4. The van der Waals surface area contributed by atoms with Gasteiger partial charge in [0.05, 0.1) is 11.9 Å². The molecule has 2 aromatic rings. The molecule has 0 aliphatic rings. The van der Waals surface area contributed by atoms with E-state index in [2.05, 4.69) is 9.97 Å². The summed E-state index contributed by atoms with van der Waals surface area (Å²) >= 11 is 1.41. The highest BCUT2D eigenvalue weighted by atomic mass is 32.2. The van der Waals surface area contributed by atoms with Gasteiger partial charge in [-0.2, -0.15) is 0 Å². The molecule has 0 spiro atoms. The van der Waals surface area contributed by atoms with E-state index in [0.717, 1.165) is 16.4 Å². The van der Waals surface area contributed by atoms with Gasteiger partial charge in [-0.15, -0.1) is 0 Å². The number of carbonyl (C=O) groups is 2. The number of urea groups is 1. The first-order valence-electron chi connectivity index (χ1n) is 5.97. The van der Waals surface area contributed by atoms with Crippen LogP contribution in [-0.4, -0.2) is 27.7 Å². The van der Waals surface area contributed by atoms with E-state index in [1.54, 1.807) is 6.20 Å². The second kappa shape index (κ2) is 6.76. The smallest absolute Gasteiger partial charge is 0.318 e. The van der Waals surface area contributed by atoms with E-state index in [9.17, 15) is 9.59 Å². The van der Waals surface area contributed by atoms with E-state index in [1.165, 1.54) is 11.8 Å². The van der Waals surface area contributed by atoms with Crippen molar-refractivity contribution in [3.63, 3.8) is 0 Å². The predicted molar refractivity (Wildman–Crippen MR) is 77.1 cm³/mol. The van der Waals surface area contributed by atoms with Gasteiger partial charge in [-0.05, 0) is 5.56 Å². The first-order valence-corrected chi connectivity index (χ1v) is 6.96. The third-order valence-corrected chi connectivity index (χ3v) is 3.36. The molecule has 1 heterocycles. The van der Waals surface area contributed by atoms with Crippen molar-refractivity contribution in [2.75, 3.05) is 5.75 Å². The Morgan fingerprint density at radius 1 is 1.30 bits per heavy atom. The van der Waals surface area contributed by atoms with E-state index < -0.39 is 6.03 Å². The van der Waals surface area contributed by atoms with E-state index in [1.807, 2.05) is 35.6 Å². The molecular formula is C13H14N4O2S. The molecule has 0 aliphatic heterocycles. The van der Waals surface area contributed by atoms with Gasteiger partial charge in [-0.25, -0.2) is 9.78 Å². The van der Waals surface area contributed by atoms with Crippen LogP contribution in [0.25, 0.3) is 11.3 Å². The van der Waals surface area contributed by atoms with Gasteiger partial charge in [0.2, 0.25) is 5.91 Å². The number of nitrogens with one attached hydrogen (secondary N) is 2. The number of imide groups is 1. The second-order valence-electron chi connectivity index (χ2n) is 3.98. The fourth-order valence-electron chi connectivity index (χ4n) is 1.58. The Hall–Kier alpha value is -2.28. The topological polar surface area (TPSA) is 101 Å². The van der Waals surface area contributed by atoms with E-state index >= 15 is 0 Å². The van der Waals surface area contributed by atoms with Gasteiger partial charge in [0.25, 0.3) is 0 Å². The van der Waals surface area contributed by atoms with Crippen LogP contribution in [0.4, 0.5) is 4.79 Å². The van der Waals surface area contributed by atoms with Gasteiger partial charge < -0.3 is 10.7 Å². The predicted octanol–water partition coefficient (Wildman–Crippen LogP) is 1.75. The zero-order chi connectivity index (χ0) is 14.4. The molecule has 7 heteroatoms. The number of imidazole rings is 1. The van der Waals surface area contributed by atoms with Crippen LogP contribution in [0, 0.1) is 0 Å². The highest BCUT2D eigenvalue weighted by Crippen LogP contribution is 2.21. The molecule has 6 nitrogen and oxygen atoms in total. The maximum Gasteiger partial charge on any atom is 0.318 e. The first-order chi connectivity index (χ1) is 9.65. The molecular weight excluding hydrogens is 276 g/mol. The van der Waals surface area contributed by atoms with Gasteiger partial charge in [0, 0.05) is 12.2 Å². The number of aromatic nitrogens is 2. The zero-order valence-corrected chi connectivity index (χ0v) is 11.4. The Labute approximate surface area is 120 Å². The molecule has 0 saturated carbocycles. The lowest BCUT2D eigenvalue weighted by atomic mass is 10.2. The van der Waals surface area contributed by atoms with Gasteiger partial charge in [0.1, 0.15) is 0 Å². The van der Waals surface area contributed by atoms with Crippen LogP contribution in [-0.2, 0) is 4.79 Å². The Balaban J connectivity index is 1.85. The normalized spacial score (nSPS) is 10.2. The molecule has 4 N–H and O–H groups in total. The van der Waals surface area contributed by atoms with E-state index in [4.69, 9.17) is 5.73 Å². The molecule has 0 fully saturated rings. The summed E-state index contributed by atoms with van der Waals surface area (Å²) in [5, 5.41) is 2.75. The number of carbonyl (C=O) groups excluding carboxylic acids is 2. The summed E-state index contributed by atoms with van der Waals surface area (Å²) in [6, 6.07) is 9.01. The molecule has 0 atom stereocenters. The lowest BCUT2D eigenvalue weighted by Gasteiger charge is -1.99. The lowest BCUT2D eigenvalue weighted by molar-refractivity contribution is -0.119. The Bertz CT molecular complexity index is 597. The molecule has 0 bridgehead atoms. The first kappa shape index (κ1) is 14.1. The third kappa shape index (κ3) is 4.13. The maximum absolute atomic E-state index is 11.2. The molecule has 0 aliphatic carbocycles. The Morgan fingerprint density at radius 2 is 2.05 bits per heavy atom. The largest absolute Gasteiger partial charge is 0.351 e. The van der Waals surface area contributed by atoms with Crippen LogP contribution < -0.4 is 11.1 Å². The number of amides is 3. The number of thioether (sulfide) groups is 1.